The summed E-state index contributed by atoms with van der Waals surface area (Å²) in [6, 6.07) is 0.605. The van der Waals surface area contributed by atoms with Crippen molar-refractivity contribution in [2.45, 2.75) is 58.1 Å². The minimum absolute atomic E-state index is 0.290. The zero-order valence-electron chi connectivity index (χ0n) is 11.8. The highest BCUT2D eigenvalue weighted by Crippen LogP contribution is 2.35. The number of rotatable bonds is 3. The van der Waals surface area contributed by atoms with Crippen molar-refractivity contribution in [3.8, 4) is 0 Å². The van der Waals surface area contributed by atoms with E-state index in [0.717, 1.165) is 25.4 Å². The van der Waals surface area contributed by atoms with Crippen molar-refractivity contribution in [1.82, 2.24) is 10.6 Å². The third kappa shape index (κ3) is 3.61. The summed E-state index contributed by atoms with van der Waals surface area (Å²) in [5, 5.41) is 6.50. The first-order valence-electron chi connectivity index (χ1n) is 7.16. The molecule has 0 aromatic carbocycles. The Morgan fingerprint density at radius 1 is 1.33 bits per heavy atom. The normalized spacial score (nSPS) is 28.8. The molecule has 2 N–H and O–H groups in total. The van der Waals surface area contributed by atoms with Gasteiger partial charge in [0.2, 0.25) is 0 Å². The Balaban J connectivity index is 1.73. The second kappa shape index (κ2) is 5.47. The van der Waals surface area contributed by atoms with Gasteiger partial charge in [0.25, 0.3) is 0 Å². The van der Waals surface area contributed by atoms with Crippen molar-refractivity contribution >= 4 is 6.09 Å². The average molecular weight is 254 g/mol. The lowest BCUT2D eigenvalue weighted by molar-refractivity contribution is 0.0513. The number of hydrogen-bond acceptors (Lipinski definition) is 3. The fourth-order valence-corrected chi connectivity index (χ4v) is 2.89. The van der Waals surface area contributed by atoms with Crippen molar-refractivity contribution in [2.75, 3.05) is 13.1 Å². The fourth-order valence-electron chi connectivity index (χ4n) is 2.89. The van der Waals surface area contributed by atoms with Crippen LogP contribution in [-0.2, 0) is 4.74 Å². The highest BCUT2D eigenvalue weighted by Gasteiger charge is 2.36. The van der Waals surface area contributed by atoms with Crippen LogP contribution < -0.4 is 10.6 Å². The SMILES string of the molecule is CC(C)(C)OC(=O)NCC1CCNC1C1CCC1. The molecule has 0 spiro atoms. The molecule has 4 nitrogen and oxygen atoms in total. The van der Waals surface area contributed by atoms with E-state index in [9.17, 15) is 4.79 Å². The number of hydrogen-bond donors (Lipinski definition) is 2. The van der Waals surface area contributed by atoms with E-state index in [1.807, 2.05) is 20.8 Å². The summed E-state index contributed by atoms with van der Waals surface area (Å²) in [6.45, 7) is 7.49. The van der Waals surface area contributed by atoms with Crippen LogP contribution in [0.4, 0.5) is 4.79 Å². The lowest BCUT2D eigenvalue weighted by atomic mass is 9.76. The summed E-state index contributed by atoms with van der Waals surface area (Å²) < 4.78 is 5.26. The van der Waals surface area contributed by atoms with Gasteiger partial charge in [-0.1, -0.05) is 6.42 Å². The van der Waals surface area contributed by atoms with Crippen LogP contribution in [0.15, 0.2) is 0 Å². The molecule has 1 aliphatic heterocycles. The highest BCUT2D eigenvalue weighted by molar-refractivity contribution is 5.67. The molecule has 104 valence electrons. The molecule has 2 unspecified atom stereocenters. The Labute approximate surface area is 110 Å². The van der Waals surface area contributed by atoms with E-state index >= 15 is 0 Å². The zero-order chi connectivity index (χ0) is 13.2. The monoisotopic (exact) mass is 254 g/mol. The van der Waals surface area contributed by atoms with Crippen LogP contribution in [0.25, 0.3) is 0 Å². The number of amides is 1. The van der Waals surface area contributed by atoms with Crippen LogP contribution in [0.3, 0.4) is 0 Å². The van der Waals surface area contributed by atoms with Crippen LogP contribution >= 0.6 is 0 Å². The summed E-state index contributed by atoms with van der Waals surface area (Å²) in [5.41, 5.74) is -0.411. The maximum atomic E-state index is 11.6. The van der Waals surface area contributed by atoms with Crippen LogP contribution in [0.2, 0.25) is 0 Å². The van der Waals surface area contributed by atoms with Crippen LogP contribution in [0, 0.1) is 11.8 Å². The van der Waals surface area contributed by atoms with E-state index in [1.54, 1.807) is 0 Å². The van der Waals surface area contributed by atoms with E-state index in [2.05, 4.69) is 10.6 Å². The molecule has 0 aromatic heterocycles. The molecule has 2 fully saturated rings. The maximum absolute atomic E-state index is 11.6. The molecular formula is C14H26N2O2. The van der Waals surface area contributed by atoms with Gasteiger partial charge < -0.3 is 15.4 Å². The molecule has 2 atom stereocenters. The molecule has 0 bridgehead atoms. The number of nitrogens with one attached hydrogen (secondary N) is 2. The Morgan fingerprint density at radius 2 is 2.06 bits per heavy atom. The molecule has 0 aromatic rings. The number of carbonyl (C=O) groups is 1. The molecule has 0 radical (unpaired) electrons. The quantitative estimate of drug-likeness (QED) is 0.812. The van der Waals surface area contributed by atoms with Crippen LogP contribution in [-0.4, -0.2) is 30.8 Å². The molecule has 4 heteroatoms. The standard InChI is InChI=1S/C14H26N2O2/c1-14(2,3)18-13(17)16-9-11-7-8-15-12(11)10-5-4-6-10/h10-12,15H,4-9H2,1-3H3,(H,16,17). The zero-order valence-corrected chi connectivity index (χ0v) is 11.8. The van der Waals surface area contributed by atoms with E-state index in [1.165, 1.54) is 19.3 Å². The molecule has 2 rings (SSSR count). The predicted octanol–water partition coefficient (Wildman–Crippen LogP) is 2.29. The van der Waals surface area contributed by atoms with E-state index in [-0.39, 0.29) is 6.09 Å². The predicted molar refractivity (Wildman–Crippen MR) is 71.5 cm³/mol. The van der Waals surface area contributed by atoms with Gasteiger partial charge >= 0.3 is 6.09 Å². The molecule has 1 saturated heterocycles. The van der Waals surface area contributed by atoms with Gasteiger partial charge in [-0.3, -0.25) is 0 Å². The van der Waals surface area contributed by atoms with Crippen molar-refractivity contribution in [3.63, 3.8) is 0 Å². The first-order valence-corrected chi connectivity index (χ1v) is 7.16. The van der Waals surface area contributed by atoms with Gasteiger partial charge in [-0.05, 0) is 58.4 Å². The molecule has 1 heterocycles. The lowest BCUT2D eigenvalue weighted by Gasteiger charge is -2.35. The molecule has 2 aliphatic rings. The summed E-state index contributed by atoms with van der Waals surface area (Å²) in [7, 11) is 0. The van der Waals surface area contributed by atoms with E-state index < -0.39 is 5.60 Å². The van der Waals surface area contributed by atoms with Gasteiger partial charge in [0.1, 0.15) is 5.60 Å². The average Bonchev–Trinajstić information content (AvgIpc) is 2.57. The fraction of sp³-hybridized carbons (Fsp3) is 0.929. The maximum Gasteiger partial charge on any atom is 0.407 e. The summed E-state index contributed by atoms with van der Waals surface area (Å²) in [4.78, 5) is 11.6. The lowest BCUT2D eigenvalue weighted by Crippen LogP contribution is -2.43. The number of ether oxygens (including phenoxy) is 1. The summed E-state index contributed by atoms with van der Waals surface area (Å²) in [5.74, 6) is 1.40. The molecule has 1 amide bonds. The van der Waals surface area contributed by atoms with Gasteiger partial charge in [0, 0.05) is 12.6 Å². The largest absolute Gasteiger partial charge is 0.444 e. The molecular weight excluding hydrogens is 228 g/mol. The van der Waals surface area contributed by atoms with Gasteiger partial charge in [-0.15, -0.1) is 0 Å². The van der Waals surface area contributed by atoms with Crippen molar-refractivity contribution in [2.24, 2.45) is 11.8 Å². The third-order valence-corrected chi connectivity index (χ3v) is 3.97. The minimum atomic E-state index is -0.411. The Bertz CT molecular complexity index is 295. The molecule has 1 saturated carbocycles. The van der Waals surface area contributed by atoms with Crippen LogP contribution in [0.5, 0.6) is 0 Å². The van der Waals surface area contributed by atoms with Crippen LogP contribution in [0.1, 0.15) is 46.5 Å². The van der Waals surface area contributed by atoms with E-state index in [0.29, 0.717) is 12.0 Å². The van der Waals surface area contributed by atoms with E-state index in [4.69, 9.17) is 4.74 Å². The molecule has 1 aliphatic carbocycles. The van der Waals surface area contributed by atoms with Gasteiger partial charge in [0.15, 0.2) is 0 Å². The first-order chi connectivity index (χ1) is 8.46. The summed E-state index contributed by atoms with van der Waals surface area (Å²) >= 11 is 0. The van der Waals surface area contributed by atoms with Crippen molar-refractivity contribution < 1.29 is 9.53 Å². The topological polar surface area (TPSA) is 50.4 Å². The second-order valence-corrected chi connectivity index (χ2v) is 6.60. The van der Waals surface area contributed by atoms with Gasteiger partial charge in [-0.2, -0.15) is 0 Å². The smallest absolute Gasteiger partial charge is 0.407 e. The first kappa shape index (κ1) is 13.7. The van der Waals surface area contributed by atoms with Crippen molar-refractivity contribution in [1.29, 1.82) is 0 Å². The van der Waals surface area contributed by atoms with Gasteiger partial charge in [0.05, 0.1) is 0 Å². The summed E-state index contributed by atoms with van der Waals surface area (Å²) in [6.07, 6.45) is 4.94. The highest BCUT2D eigenvalue weighted by atomic mass is 16.6. The molecule has 18 heavy (non-hydrogen) atoms. The Morgan fingerprint density at radius 3 is 2.61 bits per heavy atom. The second-order valence-electron chi connectivity index (χ2n) is 6.60. The Hall–Kier alpha value is -0.770. The third-order valence-electron chi connectivity index (χ3n) is 3.97. The van der Waals surface area contributed by atoms with Crippen molar-refractivity contribution in [3.05, 3.63) is 0 Å². The minimum Gasteiger partial charge on any atom is -0.444 e. The number of alkyl carbamates (subject to hydrolysis) is 1. The Kier molecular flexibility index (Phi) is 4.15. The number of carbonyl (C=O) groups excluding carboxylic acids is 1. The van der Waals surface area contributed by atoms with Gasteiger partial charge in [-0.25, -0.2) is 4.79 Å².